The van der Waals surface area contributed by atoms with Crippen LogP contribution in [0, 0.1) is 0 Å². The average molecular weight is 425 g/mol. The Kier molecular flexibility index (Phi) is 16.8. The van der Waals surface area contributed by atoms with Crippen LogP contribution in [0.5, 0.6) is 0 Å². The Balaban J connectivity index is 1.99. The summed E-state index contributed by atoms with van der Waals surface area (Å²) in [7, 11) is 0. The summed E-state index contributed by atoms with van der Waals surface area (Å²) in [5, 5.41) is 0. The van der Waals surface area contributed by atoms with Gasteiger partial charge in [-0.15, -0.1) is 0 Å². The van der Waals surface area contributed by atoms with Gasteiger partial charge in [0.05, 0.1) is 0 Å². The summed E-state index contributed by atoms with van der Waals surface area (Å²) < 4.78 is 11.3. The van der Waals surface area contributed by atoms with E-state index in [1.54, 1.807) is 0 Å². The molecule has 0 amide bonds. The highest BCUT2D eigenvalue weighted by molar-refractivity contribution is 5.70. The van der Waals surface area contributed by atoms with Gasteiger partial charge in [0.25, 0.3) is 0 Å². The minimum Gasteiger partial charge on any atom is -0.462 e. The largest absolute Gasteiger partial charge is 0.462 e. The molecule has 0 atom stereocenters. The van der Waals surface area contributed by atoms with Gasteiger partial charge in [-0.05, 0) is 38.5 Å². The van der Waals surface area contributed by atoms with Crippen LogP contribution in [-0.4, -0.2) is 24.1 Å². The van der Waals surface area contributed by atoms with Gasteiger partial charge >= 0.3 is 11.9 Å². The van der Waals surface area contributed by atoms with Gasteiger partial charge in [0.1, 0.15) is 12.2 Å². The molecule has 30 heavy (non-hydrogen) atoms. The monoisotopic (exact) mass is 424 g/mol. The van der Waals surface area contributed by atoms with Gasteiger partial charge in [0.2, 0.25) is 0 Å². The van der Waals surface area contributed by atoms with Crippen molar-refractivity contribution in [1.29, 1.82) is 0 Å². The molecule has 4 nitrogen and oxygen atoms in total. The molecule has 0 aliphatic heterocycles. The normalized spacial score (nSPS) is 18.9. The molecule has 4 heteroatoms. The van der Waals surface area contributed by atoms with Crippen molar-refractivity contribution in [1.82, 2.24) is 0 Å². The zero-order valence-electron chi connectivity index (χ0n) is 19.9. The highest BCUT2D eigenvalue weighted by Gasteiger charge is 2.26. The van der Waals surface area contributed by atoms with E-state index >= 15 is 0 Å². The molecule has 0 N–H and O–H groups in total. The molecule has 0 radical (unpaired) electrons. The molecule has 0 aromatic rings. The van der Waals surface area contributed by atoms with Crippen LogP contribution in [0.15, 0.2) is 0 Å². The minimum absolute atomic E-state index is 0.0140. The maximum absolute atomic E-state index is 12.0. The van der Waals surface area contributed by atoms with Crippen molar-refractivity contribution in [2.75, 3.05) is 0 Å². The van der Waals surface area contributed by atoms with Crippen molar-refractivity contribution in [2.45, 2.75) is 154 Å². The lowest BCUT2D eigenvalue weighted by atomic mass is 9.95. The molecule has 0 spiro atoms. The molecule has 0 aromatic heterocycles. The van der Waals surface area contributed by atoms with E-state index in [-0.39, 0.29) is 24.1 Å². The number of hydrogen-bond donors (Lipinski definition) is 0. The summed E-state index contributed by atoms with van der Waals surface area (Å²) in [6.45, 7) is 4.45. The van der Waals surface area contributed by atoms with Gasteiger partial charge in [0, 0.05) is 12.8 Å². The Labute approximate surface area is 185 Å². The SMILES string of the molecule is CCCCCCCCCC(=O)OC1CCC(OC(=O)CCCCCCCCC)CC1. The number of unbranched alkanes of at least 4 members (excludes halogenated alkanes) is 12. The summed E-state index contributed by atoms with van der Waals surface area (Å²) in [5.41, 5.74) is 0. The number of carbonyl (C=O) groups excluding carboxylic acids is 2. The molecule has 1 aliphatic rings. The number of carbonyl (C=O) groups is 2. The number of hydrogen-bond acceptors (Lipinski definition) is 4. The molecule has 0 unspecified atom stereocenters. The first-order chi connectivity index (χ1) is 14.7. The van der Waals surface area contributed by atoms with Crippen molar-refractivity contribution in [3.05, 3.63) is 0 Å². The van der Waals surface area contributed by atoms with Crippen LogP contribution in [0.4, 0.5) is 0 Å². The first-order valence-corrected chi connectivity index (χ1v) is 13.0. The van der Waals surface area contributed by atoms with E-state index in [2.05, 4.69) is 13.8 Å². The minimum atomic E-state index is -0.0528. The van der Waals surface area contributed by atoms with Gasteiger partial charge < -0.3 is 9.47 Å². The van der Waals surface area contributed by atoms with Gasteiger partial charge in [-0.25, -0.2) is 0 Å². The fraction of sp³-hybridized carbons (Fsp3) is 0.923. The van der Waals surface area contributed by atoms with E-state index in [9.17, 15) is 9.59 Å². The second kappa shape index (κ2) is 18.7. The second-order valence-electron chi connectivity index (χ2n) is 9.12. The molecule has 176 valence electrons. The van der Waals surface area contributed by atoms with Gasteiger partial charge in [-0.3, -0.25) is 9.59 Å². The Morgan fingerprint density at radius 1 is 0.533 bits per heavy atom. The summed E-state index contributed by atoms with van der Waals surface area (Å²) in [5.74, 6) is -0.106. The van der Waals surface area contributed by atoms with Crippen LogP contribution in [0.25, 0.3) is 0 Å². The lowest BCUT2D eigenvalue weighted by molar-refractivity contribution is -0.158. The standard InChI is InChI=1S/C26H48O4/c1-3-5-7-9-11-13-15-17-25(27)29-23-19-21-24(22-20-23)30-26(28)18-16-14-12-10-8-6-4-2/h23-24H,3-22H2,1-2H3. The molecular weight excluding hydrogens is 376 g/mol. The molecule has 0 saturated heterocycles. The fourth-order valence-corrected chi connectivity index (χ4v) is 4.21. The predicted molar refractivity (Wildman–Crippen MR) is 123 cm³/mol. The van der Waals surface area contributed by atoms with Crippen LogP contribution in [0.1, 0.15) is 142 Å². The Morgan fingerprint density at radius 2 is 0.833 bits per heavy atom. The van der Waals surface area contributed by atoms with E-state index in [4.69, 9.17) is 9.47 Å². The quantitative estimate of drug-likeness (QED) is 0.167. The predicted octanol–water partition coefficient (Wildman–Crippen LogP) is 7.67. The number of ether oxygens (including phenoxy) is 2. The maximum atomic E-state index is 12.0. The third kappa shape index (κ3) is 14.8. The fourth-order valence-electron chi connectivity index (χ4n) is 4.21. The third-order valence-electron chi connectivity index (χ3n) is 6.19. The van der Waals surface area contributed by atoms with Crippen molar-refractivity contribution in [3.63, 3.8) is 0 Å². The van der Waals surface area contributed by atoms with E-state index in [0.717, 1.165) is 51.4 Å². The average Bonchev–Trinajstić information content (AvgIpc) is 2.74. The van der Waals surface area contributed by atoms with Crippen LogP contribution in [0.3, 0.4) is 0 Å². The highest BCUT2D eigenvalue weighted by Crippen LogP contribution is 2.25. The third-order valence-corrected chi connectivity index (χ3v) is 6.19. The van der Waals surface area contributed by atoms with E-state index < -0.39 is 0 Å². The van der Waals surface area contributed by atoms with Gasteiger partial charge in [-0.1, -0.05) is 90.9 Å². The smallest absolute Gasteiger partial charge is 0.306 e. The number of rotatable bonds is 18. The molecule has 0 aromatic carbocycles. The Morgan fingerprint density at radius 3 is 1.17 bits per heavy atom. The zero-order valence-corrected chi connectivity index (χ0v) is 19.9. The van der Waals surface area contributed by atoms with Crippen molar-refractivity contribution in [2.24, 2.45) is 0 Å². The summed E-state index contributed by atoms with van der Waals surface area (Å²) in [6.07, 6.45) is 21.3. The van der Waals surface area contributed by atoms with E-state index in [1.807, 2.05) is 0 Å². The van der Waals surface area contributed by atoms with Crippen LogP contribution in [0.2, 0.25) is 0 Å². The lowest BCUT2D eigenvalue weighted by Crippen LogP contribution is -2.29. The Hall–Kier alpha value is -1.06. The summed E-state index contributed by atoms with van der Waals surface area (Å²) in [4.78, 5) is 24.1. The van der Waals surface area contributed by atoms with E-state index in [1.165, 1.54) is 64.2 Å². The van der Waals surface area contributed by atoms with Gasteiger partial charge in [0.15, 0.2) is 0 Å². The second-order valence-corrected chi connectivity index (χ2v) is 9.12. The molecule has 1 saturated carbocycles. The van der Waals surface area contributed by atoms with Crippen molar-refractivity contribution < 1.29 is 19.1 Å². The topological polar surface area (TPSA) is 52.6 Å². The number of esters is 2. The van der Waals surface area contributed by atoms with Crippen molar-refractivity contribution >= 4 is 11.9 Å². The molecule has 1 fully saturated rings. The van der Waals surface area contributed by atoms with Crippen LogP contribution >= 0.6 is 0 Å². The Bertz CT molecular complexity index is 387. The summed E-state index contributed by atoms with van der Waals surface area (Å²) in [6, 6.07) is 0. The van der Waals surface area contributed by atoms with Gasteiger partial charge in [-0.2, -0.15) is 0 Å². The molecular formula is C26H48O4. The maximum Gasteiger partial charge on any atom is 0.306 e. The lowest BCUT2D eigenvalue weighted by Gasteiger charge is -2.28. The first kappa shape index (κ1) is 27.0. The molecule has 1 aliphatic carbocycles. The highest BCUT2D eigenvalue weighted by atomic mass is 16.6. The zero-order chi connectivity index (χ0) is 21.9. The van der Waals surface area contributed by atoms with Crippen molar-refractivity contribution in [3.8, 4) is 0 Å². The van der Waals surface area contributed by atoms with Crippen LogP contribution in [-0.2, 0) is 19.1 Å². The molecule has 1 rings (SSSR count). The molecule has 0 heterocycles. The van der Waals surface area contributed by atoms with E-state index in [0.29, 0.717) is 12.8 Å². The first-order valence-electron chi connectivity index (χ1n) is 13.0. The molecule has 0 bridgehead atoms. The summed E-state index contributed by atoms with van der Waals surface area (Å²) >= 11 is 0. The van der Waals surface area contributed by atoms with Crippen LogP contribution < -0.4 is 0 Å².